The van der Waals surface area contributed by atoms with Gasteiger partial charge >= 0.3 is 0 Å². The smallest absolute Gasteiger partial charge is 0.223 e. The van der Waals surface area contributed by atoms with E-state index in [1.165, 1.54) is 0 Å². The Labute approximate surface area is 100 Å². The summed E-state index contributed by atoms with van der Waals surface area (Å²) in [5.74, 6) is -0.236. The summed E-state index contributed by atoms with van der Waals surface area (Å²) in [6.45, 7) is 0.440. The lowest BCUT2D eigenvalue weighted by molar-refractivity contribution is -0.122. The van der Waals surface area contributed by atoms with E-state index in [9.17, 15) is 13.2 Å². The van der Waals surface area contributed by atoms with Gasteiger partial charge in [0.1, 0.15) is 5.75 Å². The van der Waals surface area contributed by atoms with Gasteiger partial charge in [0.05, 0.1) is 4.99 Å². The zero-order valence-electron chi connectivity index (χ0n) is 8.73. The van der Waals surface area contributed by atoms with Crippen LogP contribution in [0.15, 0.2) is 0 Å². The maximum absolute atomic E-state index is 11.2. The van der Waals surface area contributed by atoms with Gasteiger partial charge in [-0.05, 0) is 12.8 Å². The Kier molecular flexibility index (Phi) is 4.63. The zero-order chi connectivity index (χ0) is 12.2. The number of carbonyl (C=O) groups excluding carboxylic acids is 1. The van der Waals surface area contributed by atoms with Crippen molar-refractivity contribution < 1.29 is 13.2 Å². The van der Waals surface area contributed by atoms with Crippen molar-refractivity contribution in [2.24, 2.45) is 11.7 Å². The third-order valence-corrected chi connectivity index (χ3v) is 3.69. The normalized spacial score (nSPS) is 15.8. The standard InChI is InChI=1S/C8H15N3O3S2/c9-7(15)5-16(13,14)11-4-3-10-8(12)6-1-2-6/h6,11H,1-5H2,(H2,9,15)(H,10,12). The average molecular weight is 265 g/mol. The van der Waals surface area contributed by atoms with Crippen molar-refractivity contribution in [1.82, 2.24) is 10.0 Å². The first-order valence-corrected chi connectivity index (χ1v) is 7.00. The van der Waals surface area contributed by atoms with Crippen molar-refractivity contribution in [1.29, 1.82) is 0 Å². The van der Waals surface area contributed by atoms with E-state index in [4.69, 9.17) is 5.73 Å². The van der Waals surface area contributed by atoms with E-state index in [2.05, 4.69) is 22.3 Å². The van der Waals surface area contributed by atoms with Gasteiger partial charge < -0.3 is 11.1 Å². The van der Waals surface area contributed by atoms with Crippen molar-refractivity contribution in [2.45, 2.75) is 12.8 Å². The zero-order valence-corrected chi connectivity index (χ0v) is 10.4. The second-order valence-corrected chi connectivity index (χ2v) is 6.02. The van der Waals surface area contributed by atoms with Crippen LogP contribution in [0, 0.1) is 5.92 Å². The van der Waals surface area contributed by atoms with Crippen LogP contribution in [0.2, 0.25) is 0 Å². The summed E-state index contributed by atoms with van der Waals surface area (Å²) in [7, 11) is -3.45. The van der Waals surface area contributed by atoms with Crippen LogP contribution in [0.5, 0.6) is 0 Å². The van der Waals surface area contributed by atoms with E-state index in [0.29, 0.717) is 0 Å². The molecule has 0 heterocycles. The van der Waals surface area contributed by atoms with E-state index in [1.54, 1.807) is 0 Å². The Morgan fingerprint density at radius 3 is 2.50 bits per heavy atom. The molecule has 0 radical (unpaired) electrons. The maximum Gasteiger partial charge on any atom is 0.223 e. The van der Waals surface area contributed by atoms with Gasteiger partial charge in [0.25, 0.3) is 0 Å². The van der Waals surface area contributed by atoms with Crippen molar-refractivity contribution in [3.05, 3.63) is 0 Å². The van der Waals surface area contributed by atoms with E-state index in [1.807, 2.05) is 0 Å². The van der Waals surface area contributed by atoms with Gasteiger partial charge in [-0.1, -0.05) is 12.2 Å². The van der Waals surface area contributed by atoms with Gasteiger partial charge in [-0.25, -0.2) is 13.1 Å². The van der Waals surface area contributed by atoms with E-state index in [-0.39, 0.29) is 35.7 Å². The fourth-order valence-corrected chi connectivity index (χ4v) is 2.48. The molecule has 92 valence electrons. The van der Waals surface area contributed by atoms with Crippen molar-refractivity contribution in [3.63, 3.8) is 0 Å². The van der Waals surface area contributed by atoms with Crippen molar-refractivity contribution in [2.75, 3.05) is 18.8 Å². The van der Waals surface area contributed by atoms with Crippen LogP contribution in [0.1, 0.15) is 12.8 Å². The highest BCUT2D eigenvalue weighted by Crippen LogP contribution is 2.28. The van der Waals surface area contributed by atoms with Gasteiger partial charge in [-0.15, -0.1) is 0 Å². The molecule has 1 aliphatic rings. The molecule has 0 aromatic rings. The minimum absolute atomic E-state index is 0.00598. The molecule has 1 fully saturated rings. The third-order valence-electron chi connectivity index (χ3n) is 2.03. The third kappa shape index (κ3) is 5.38. The van der Waals surface area contributed by atoms with Crippen LogP contribution >= 0.6 is 12.2 Å². The molecular formula is C8H15N3O3S2. The summed E-state index contributed by atoms with van der Waals surface area (Å²) in [6.07, 6.45) is 1.86. The van der Waals surface area contributed by atoms with Crippen molar-refractivity contribution >= 4 is 33.1 Å². The topological polar surface area (TPSA) is 101 Å². The van der Waals surface area contributed by atoms with Crippen LogP contribution in [0.3, 0.4) is 0 Å². The highest BCUT2D eigenvalue weighted by Gasteiger charge is 2.29. The summed E-state index contributed by atoms with van der Waals surface area (Å²) in [4.78, 5) is 11.1. The van der Waals surface area contributed by atoms with E-state index >= 15 is 0 Å². The summed E-state index contributed by atoms with van der Waals surface area (Å²) in [6, 6.07) is 0. The molecule has 0 atom stereocenters. The maximum atomic E-state index is 11.2. The molecule has 1 rings (SSSR count). The molecule has 0 aromatic heterocycles. The average Bonchev–Trinajstić information content (AvgIpc) is 2.92. The molecule has 0 bridgehead atoms. The lowest BCUT2D eigenvalue weighted by atomic mass is 10.4. The molecule has 1 amide bonds. The Morgan fingerprint density at radius 1 is 1.38 bits per heavy atom. The molecule has 0 saturated heterocycles. The molecule has 8 heteroatoms. The summed E-state index contributed by atoms with van der Waals surface area (Å²) in [5.41, 5.74) is 5.12. The predicted octanol–water partition coefficient (Wildman–Crippen LogP) is -1.28. The number of nitrogens with one attached hydrogen (secondary N) is 2. The Bertz CT molecular complexity index is 376. The van der Waals surface area contributed by atoms with E-state index in [0.717, 1.165) is 12.8 Å². The monoisotopic (exact) mass is 265 g/mol. The van der Waals surface area contributed by atoms with Gasteiger partial charge in [0, 0.05) is 19.0 Å². The number of hydrogen-bond acceptors (Lipinski definition) is 4. The number of hydrogen-bond donors (Lipinski definition) is 3. The van der Waals surface area contributed by atoms with Gasteiger partial charge in [-0.3, -0.25) is 4.79 Å². The molecule has 4 N–H and O–H groups in total. The Morgan fingerprint density at radius 2 is 2.00 bits per heavy atom. The first kappa shape index (κ1) is 13.3. The van der Waals surface area contributed by atoms with Crippen LogP contribution in [0.4, 0.5) is 0 Å². The first-order valence-electron chi connectivity index (χ1n) is 4.94. The highest BCUT2D eigenvalue weighted by molar-refractivity contribution is 7.92. The molecular weight excluding hydrogens is 250 g/mol. The lowest BCUT2D eigenvalue weighted by Crippen LogP contribution is -2.38. The van der Waals surface area contributed by atoms with Crippen LogP contribution in [-0.2, 0) is 14.8 Å². The minimum atomic E-state index is -3.45. The lowest BCUT2D eigenvalue weighted by Gasteiger charge is -2.06. The second-order valence-electron chi connectivity index (χ2n) is 3.69. The predicted molar refractivity (Wildman–Crippen MR) is 64.3 cm³/mol. The van der Waals surface area contributed by atoms with E-state index < -0.39 is 10.0 Å². The summed E-state index contributed by atoms with van der Waals surface area (Å²) < 4.78 is 24.8. The van der Waals surface area contributed by atoms with Gasteiger partial charge in [0.15, 0.2) is 0 Å². The van der Waals surface area contributed by atoms with Gasteiger partial charge in [-0.2, -0.15) is 0 Å². The molecule has 6 nitrogen and oxygen atoms in total. The second kappa shape index (κ2) is 5.55. The minimum Gasteiger partial charge on any atom is -0.392 e. The highest BCUT2D eigenvalue weighted by atomic mass is 32.2. The van der Waals surface area contributed by atoms with Crippen LogP contribution in [0.25, 0.3) is 0 Å². The number of amides is 1. The fraction of sp³-hybridized carbons (Fsp3) is 0.750. The molecule has 0 aromatic carbocycles. The number of rotatable bonds is 7. The van der Waals surface area contributed by atoms with Crippen LogP contribution < -0.4 is 15.8 Å². The molecule has 0 spiro atoms. The molecule has 0 unspecified atom stereocenters. The number of carbonyl (C=O) groups is 1. The fourth-order valence-electron chi connectivity index (χ4n) is 1.12. The molecule has 16 heavy (non-hydrogen) atoms. The molecule has 1 aliphatic carbocycles. The quantitative estimate of drug-likeness (QED) is 0.393. The molecule has 0 aliphatic heterocycles. The number of sulfonamides is 1. The summed E-state index contributed by atoms with van der Waals surface area (Å²) in [5, 5.41) is 2.64. The Balaban J connectivity index is 2.14. The SMILES string of the molecule is NC(=S)CS(=O)(=O)NCCNC(=O)C1CC1. The first-order chi connectivity index (χ1) is 7.41. The molecule has 1 saturated carbocycles. The summed E-state index contributed by atoms with van der Waals surface area (Å²) >= 11 is 4.50. The van der Waals surface area contributed by atoms with Crippen LogP contribution in [-0.4, -0.2) is 38.2 Å². The van der Waals surface area contributed by atoms with Gasteiger partial charge in [0.2, 0.25) is 15.9 Å². The number of nitrogens with two attached hydrogens (primary N) is 1. The van der Waals surface area contributed by atoms with Crippen molar-refractivity contribution in [3.8, 4) is 0 Å². The Hall–Kier alpha value is -0.730. The number of thiocarbonyl (C=S) groups is 1. The largest absolute Gasteiger partial charge is 0.392 e.